The molecule has 2 aromatic carbocycles. The normalized spacial score (nSPS) is 21.7. The molecule has 35 heavy (non-hydrogen) atoms. The Hall–Kier alpha value is -3.32. The van der Waals surface area contributed by atoms with Gasteiger partial charge in [0.2, 0.25) is 5.75 Å². The highest BCUT2D eigenvalue weighted by Crippen LogP contribution is 2.50. The number of carbonyl (C=O) groups is 2. The second kappa shape index (κ2) is 10.1. The zero-order valence-electron chi connectivity index (χ0n) is 20.4. The predicted octanol–water partition coefficient (Wildman–Crippen LogP) is 5.11. The van der Waals surface area contributed by atoms with Gasteiger partial charge in [-0.25, -0.2) is 0 Å². The van der Waals surface area contributed by atoms with Gasteiger partial charge < -0.3 is 18.9 Å². The lowest BCUT2D eigenvalue weighted by Crippen LogP contribution is -2.37. The van der Waals surface area contributed by atoms with Gasteiger partial charge in [-0.2, -0.15) is 0 Å². The second-order valence-electron chi connectivity index (χ2n) is 8.60. The Kier molecular flexibility index (Phi) is 7.17. The first-order valence-electron chi connectivity index (χ1n) is 11.3. The van der Waals surface area contributed by atoms with E-state index >= 15 is 0 Å². The van der Waals surface area contributed by atoms with Crippen LogP contribution < -0.4 is 14.2 Å². The van der Waals surface area contributed by atoms with Gasteiger partial charge >= 0.3 is 5.97 Å². The van der Waals surface area contributed by atoms with Crippen molar-refractivity contribution in [3.8, 4) is 17.2 Å². The fraction of sp³-hybridized carbons (Fsp3) is 0.370. The number of hydrogen-bond donors (Lipinski definition) is 0. The zero-order valence-corrected chi connectivity index (χ0v) is 21.1. The molecule has 0 bridgehead atoms. The summed E-state index contributed by atoms with van der Waals surface area (Å²) >= 11 is 6.45. The van der Waals surface area contributed by atoms with E-state index in [0.717, 1.165) is 5.56 Å². The van der Waals surface area contributed by atoms with Crippen LogP contribution in [0.15, 0.2) is 52.7 Å². The summed E-state index contributed by atoms with van der Waals surface area (Å²) < 4.78 is 21.7. The van der Waals surface area contributed by atoms with Crippen LogP contribution in [0.3, 0.4) is 0 Å². The number of nitrogens with zero attached hydrogens (tertiary/aromatic N) is 1. The van der Waals surface area contributed by atoms with Crippen LogP contribution in [-0.4, -0.2) is 45.9 Å². The largest absolute Gasteiger partial charge is 0.493 e. The second-order valence-corrected chi connectivity index (χ2v) is 9.01. The number of carbonyl (C=O) groups excluding carboxylic acids is 2. The van der Waals surface area contributed by atoms with Crippen LogP contribution >= 0.6 is 11.6 Å². The predicted molar refractivity (Wildman–Crippen MR) is 133 cm³/mol. The number of rotatable bonds is 6. The fourth-order valence-corrected chi connectivity index (χ4v) is 5.45. The van der Waals surface area contributed by atoms with Gasteiger partial charge in [0, 0.05) is 34.3 Å². The summed E-state index contributed by atoms with van der Waals surface area (Å²) in [5.41, 5.74) is 3.37. The van der Waals surface area contributed by atoms with Crippen molar-refractivity contribution in [3.05, 3.63) is 63.8 Å². The number of allylic oxidation sites excluding steroid dienone is 2. The van der Waals surface area contributed by atoms with Gasteiger partial charge in [0.1, 0.15) is 5.92 Å². The molecule has 0 N–H and O–H groups in total. The molecule has 1 unspecified atom stereocenters. The van der Waals surface area contributed by atoms with E-state index in [-0.39, 0.29) is 18.1 Å². The van der Waals surface area contributed by atoms with Gasteiger partial charge in [-0.15, -0.1) is 0 Å². The number of halogens is 1. The van der Waals surface area contributed by atoms with Gasteiger partial charge in [0.05, 0.1) is 28.4 Å². The summed E-state index contributed by atoms with van der Waals surface area (Å²) in [5, 5.41) is 0.625. The molecule has 3 atom stereocenters. The molecule has 8 heteroatoms. The molecule has 1 heterocycles. The maximum Gasteiger partial charge on any atom is 0.315 e. The van der Waals surface area contributed by atoms with Gasteiger partial charge in [0.15, 0.2) is 17.3 Å². The van der Waals surface area contributed by atoms with E-state index < -0.39 is 17.8 Å². The summed E-state index contributed by atoms with van der Waals surface area (Å²) in [5.74, 6) is -0.697. The number of methoxy groups -OCH3 is 4. The number of ketones is 1. The maximum absolute atomic E-state index is 13.7. The molecular formula is C27H28ClNO6. The van der Waals surface area contributed by atoms with Crippen molar-refractivity contribution in [2.24, 2.45) is 10.9 Å². The highest BCUT2D eigenvalue weighted by atomic mass is 35.5. The summed E-state index contributed by atoms with van der Waals surface area (Å²) in [7, 11) is 5.91. The average Bonchev–Trinajstić information content (AvgIpc) is 2.86. The van der Waals surface area contributed by atoms with Crippen LogP contribution in [0.2, 0.25) is 5.02 Å². The van der Waals surface area contributed by atoms with Crippen molar-refractivity contribution in [2.45, 2.75) is 31.6 Å². The van der Waals surface area contributed by atoms with E-state index in [2.05, 4.69) is 0 Å². The Morgan fingerprint density at radius 3 is 2.23 bits per heavy atom. The lowest BCUT2D eigenvalue weighted by atomic mass is 9.69. The third kappa shape index (κ3) is 4.41. The summed E-state index contributed by atoms with van der Waals surface area (Å²) in [6.45, 7) is 1.79. The quantitative estimate of drug-likeness (QED) is 0.515. The van der Waals surface area contributed by atoms with Gasteiger partial charge in [0.25, 0.3) is 0 Å². The molecule has 0 aromatic heterocycles. The monoisotopic (exact) mass is 497 g/mol. The third-order valence-electron chi connectivity index (χ3n) is 6.73. The summed E-state index contributed by atoms with van der Waals surface area (Å²) in [6.07, 6.45) is 0.808. The molecule has 1 aliphatic carbocycles. The minimum atomic E-state index is -0.762. The van der Waals surface area contributed by atoms with Crippen LogP contribution in [0.25, 0.3) is 0 Å². The first-order chi connectivity index (χ1) is 16.8. The van der Waals surface area contributed by atoms with Crippen molar-refractivity contribution >= 4 is 29.1 Å². The highest BCUT2D eigenvalue weighted by molar-refractivity contribution is 6.31. The number of esters is 1. The molecule has 1 aliphatic heterocycles. The van der Waals surface area contributed by atoms with E-state index in [1.807, 2.05) is 24.3 Å². The Balaban J connectivity index is 1.89. The molecule has 0 saturated carbocycles. The number of ether oxygens (including phenoxy) is 4. The van der Waals surface area contributed by atoms with Crippen molar-refractivity contribution in [2.75, 3.05) is 28.4 Å². The maximum atomic E-state index is 13.7. The molecule has 2 aliphatic rings. The number of aliphatic imine (C=N–C) groups is 1. The van der Waals surface area contributed by atoms with E-state index in [4.69, 9.17) is 35.5 Å². The minimum Gasteiger partial charge on any atom is -0.493 e. The topological polar surface area (TPSA) is 83.4 Å². The molecule has 0 spiro atoms. The Bertz CT molecular complexity index is 1210. The van der Waals surface area contributed by atoms with Crippen LogP contribution in [0.5, 0.6) is 17.2 Å². The fourth-order valence-electron chi connectivity index (χ4n) is 5.16. The Morgan fingerprint density at radius 2 is 1.66 bits per heavy atom. The molecular weight excluding hydrogens is 470 g/mol. The SMILES string of the molecule is COC(=O)C1C(C)=NC2=C(C(=O)C[C@@H](c3ccccc3Cl)C2)[C@@H]1c1cc(OC)c(OC)c(OC)c1. The van der Waals surface area contributed by atoms with Gasteiger partial charge in [-0.1, -0.05) is 29.8 Å². The average molecular weight is 498 g/mol. The third-order valence-corrected chi connectivity index (χ3v) is 7.08. The number of benzene rings is 2. The van der Waals surface area contributed by atoms with Gasteiger partial charge in [-0.05, 0) is 48.6 Å². The zero-order chi connectivity index (χ0) is 25.3. The van der Waals surface area contributed by atoms with Gasteiger partial charge in [-0.3, -0.25) is 14.6 Å². The molecule has 0 fully saturated rings. The smallest absolute Gasteiger partial charge is 0.315 e. The number of hydrogen-bond acceptors (Lipinski definition) is 7. The standard InChI is InChI=1S/C27H28ClNO6/c1-14-23(27(31)35-5)24(16-12-21(32-2)26(34-4)22(13-16)33-3)25-19(29-14)10-15(11-20(25)30)17-8-6-7-9-18(17)28/h6-9,12-13,15,23-24H,10-11H2,1-5H3/t15-,23?,24+/m0/s1. The van der Waals surface area contributed by atoms with Crippen LogP contribution in [-0.2, 0) is 14.3 Å². The van der Waals surface area contributed by atoms with Crippen LogP contribution in [0, 0.1) is 5.92 Å². The molecule has 184 valence electrons. The minimum absolute atomic E-state index is 0.0694. The van der Waals surface area contributed by atoms with Crippen molar-refractivity contribution < 1.29 is 28.5 Å². The first-order valence-corrected chi connectivity index (χ1v) is 11.7. The van der Waals surface area contributed by atoms with Crippen molar-refractivity contribution in [1.29, 1.82) is 0 Å². The van der Waals surface area contributed by atoms with E-state index in [1.165, 1.54) is 28.4 Å². The molecule has 0 amide bonds. The molecule has 0 radical (unpaired) electrons. The molecule has 2 aromatic rings. The van der Waals surface area contributed by atoms with Crippen LogP contribution in [0.1, 0.15) is 42.7 Å². The number of Topliss-reactive ketones (excluding diaryl/α,β-unsaturated/α-hetero) is 1. The Morgan fingerprint density at radius 1 is 1.00 bits per heavy atom. The first kappa shape index (κ1) is 24.8. The molecule has 0 saturated heterocycles. The van der Waals surface area contributed by atoms with Crippen molar-refractivity contribution in [1.82, 2.24) is 0 Å². The highest BCUT2D eigenvalue weighted by Gasteiger charge is 2.45. The summed E-state index contributed by atoms with van der Waals surface area (Å²) in [4.78, 5) is 31.4. The lowest BCUT2D eigenvalue weighted by molar-refractivity contribution is -0.143. The van der Waals surface area contributed by atoms with Crippen molar-refractivity contribution in [3.63, 3.8) is 0 Å². The van der Waals surface area contributed by atoms with E-state index in [0.29, 0.717) is 51.2 Å². The van der Waals surface area contributed by atoms with Crippen LogP contribution in [0.4, 0.5) is 0 Å². The van der Waals surface area contributed by atoms with E-state index in [9.17, 15) is 9.59 Å². The summed E-state index contributed by atoms with van der Waals surface area (Å²) in [6, 6.07) is 11.1. The molecule has 7 nitrogen and oxygen atoms in total. The Labute approximate surface area is 209 Å². The molecule has 4 rings (SSSR count). The lowest BCUT2D eigenvalue weighted by Gasteiger charge is -2.36. The van der Waals surface area contributed by atoms with E-state index in [1.54, 1.807) is 19.1 Å².